The summed E-state index contributed by atoms with van der Waals surface area (Å²) in [5.41, 5.74) is 2.62. The third-order valence-corrected chi connectivity index (χ3v) is 5.72. The van der Waals surface area contributed by atoms with Gasteiger partial charge in [0.15, 0.2) is 5.78 Å². The maximum Gasteiger partial charge on any atom is 0.470 e. The van der Waals surface area contributed by atoms with E-state index in [-0.39, 0.29) is 36.5 Å². The molecule has 1 unspecified atom stereocenters. The van der Waals surface area contributed by atoms with E-state index < -0.39 is 18.0 Å². The molecule has 2 atom stereocenters. The SMILES string of the molecule is CCC(C)[C@H](Nc1ccc(C(=O)CCCC(=O)O)cc1)c1ccc(-c2nnc(C(F)(F)F)o2)cc1. The van der Waals surface area contributed by atoms with Crippen molar-refractivity contribution in [3.63, 3.8) is 0 Å². The lowest BCUT2D eigenvalue weighted by Crippen LogP contribution is -2.18. The van der Waals surface area contributed by atoms with E-state index in [0.717, 1.165) is 17.7 Å². The molecule has 0 amide bonds. The number of carboxylic acids is 1. The number of hydrogen-bond donors (Lipinski definition) is 2. The fraction of sp³-hybridized carbons (Fsp3) is 0.360. The van der Waals surface area contributed by atoms with Crippen molar-refractivity contribution in [1.82, 2.24) is 10.2 Å². The van der Waals surface area contributed by atoms with Crippen LogP contribution in [0.2, 0.25) is 0 Å². The average Bonchev–Trinajstić information content (AvgIpc) is 3.33. The molecule has 1 heterocycles. The fourth-order valence-corrected chi connectivity index (χ4v) is 3.55. The predicted octanol–water partition coefficient (Wildman–Crippen LogP) is 6.39. The van der Waals surface area contributed by atoms with Gasteiger partial charge in [0, 0.05) is 29.7 Å². The highest BCUT2D eigenvalue weighted by molar-refractivity contribution is 5.96. The molecule has 0 aliphatic heterocycles. The molecule has 7 nitrogen and oxygen atoms in total. The third kappa shape index (κ3) is 6.91. The van der Waals surface area contributed by atoms with Gasteiger partial charge in [0.25, 0.3) is 0 Å². The first-order valence-electron chi connectivity index (χ1n) is 11.2. The zero-order valence-corrected chi connectivity index (χ0v) is 19.3. The van der Waals surface area contributed by atoms with Crippen molar-refractivity contribution in [2.24, 2.45) is 5.92 Å². The van der Waals surface area contributed by atoms with Crippen LogP contribution in [-0.4, -0.2) is 27.1 Å². The van der Waals surface area contributed by atoms with E-state index in [4.69, 9.17) is 9.52 Å². The van der Waals surface area contributed by atoms with Gasteiger partial charge in [0.2, 0.25) is 5.89 Å². The molecule has 0 aliphatic carbocycles. The summed E-state index contributed by atoms with van der Waals surface area (Å²) in [5.74, 6) is -2.41. The van der Waals surface area contributed by atoms with Gasteiger partial charge in [0.05, 0.1) is 6.04 Å². The number of carbonyl (C=O) groups is 2. The average molecular weight is 489 g/mol. The number of Topliss-reactive ketones (excluding diaryl/α,β-unsaturated/α-hetero) is 1. The first kappa shape index (κ1) is 25.9. The lowest BCUT2D eigenvalue weighted by molar-refractivity contribution is -0.157. The summed E-state index contributed by atoms with van der Waals surface area (Å²) in [7, 11) is 0. The predicted molar refractivity (Wildman–Crippen MR) is 123 cm³/mol. The number of anilines is 1. The van der Waals surface area contributed by atoms with Gasteiger partial charge in [-0.25, -0.2) is 0 Å². The van der Waals surface area contributed by atoms with Crippen LogP contribution in [0.5, 0.6) is 0 Å². The number of nitrogens with zero attached hydrogens (tertiary/aromatic N) is 2. The summed E-state index contributed by atoms with van der Waals surface area (Å²) < 4.78 is 42.9. The minimum Gasteiger partial charge on any atom is -0.481 e. The topological polar surface area (TPSA) is 105 Å². The Kier molecular flexibility index (Phi) is 8.26. The number of ketones is 1. The molecule has 2 aromatic carbocycles. The summed E-state index contributed by atoms with van der Waals surface area (Å²) in [6.45, 7) is 4.14. The van der Waals surface area contributed by atoms with Crippen molar-refractivity contribution in [2.45, 2.75) is 51.7 Å². The number of rotatable bonds is 11. The van der Waals surface area contributed by atoms with Crippen LogP contribution in [0.1, 0.15) is 67.4 Å². The van der Waals surface area contributed by atoms with E-state index >= 15 is 0 Å². The Bertz CT molecular complexity index is 1140. The van der Waals surface area contributed by atoms with Crippen molar-refractivity contribution in [3.05, 3.63) is 65.5 Å². The highest BCUT2D eigenvalue weighted by atomic mass is 19.4. The van der Waals surface area contributed by atoms with Crippen LogP contribution in [-0.2, 0) is 11.0 Å². The maximum atomic E-state index is 12.7. The smallest absolute Gasteiger partial charge is 0.470 e. The number of carbonyl (C=O) groups excluding carboxylic acids is 1. The molecule has 0 saturated carbocycles. The fourth-order valence-electron chi connectivity index (χ4n) is 3.55. The highest BCUT2D eigenvalue weighted by Crippen LogP contribution is 2.33. The van der Waals surface area contributed by atoms with E-state index in [1.807, 2.05) is 0 Å². The van der Waals surface area contributed by atoms with Gasteiger partial charge in [-0.2, -0.15) is 13.2 Å². The second-order valence-corrected chi connectivity index (χ2v) is 8.29. The summed E-state index contributed by atoms with van der Waals surface area (Å²) >= 11 is 0. The third-order valence-electron chi connectivity index (χ3n) is 5.72. The molecule has 35 heavy (non-hydrogen) atoms. The van der Waals surface area contributed by atoms with Crippen molar-refractivity contribution >= 4 is 17.4 Å². The highest BCUT2D eigenvalue weighted by Gasteiger charge is 2.38. The molecule has 3 aromatic rings. The Hall–Kier alpha value is -3.69. The molecule has 0 aliphatic rings. The zero-order valence-electron chi connectivity index (χ0n) is 19.3. The number of nitrogens with one attached hydrogen (secondary N) is 1. The molecule has 0 bridgehead atoms. The van der Waals surface area contributed by atoms with E-state index in [2.05, 4.69) is 29.4 Å². The molecule has 0 radical (unpaired) electrons. The number of benzene rings is 2. The standard InChI is InChI=1S/C25H26F3N3O4/c1-3-15(2)22(29-19-13-11-16(12-14-19)20(32)5-4-6-21(33)34)17-7-9-18(10-8-17)23-30-31-24(35-23)25(26,27)28/h7-15,22,29H,3-6H2,1-2H3,(H,33,34)/t15?,22-/m0/s1. The van der Waals surface area contributed by atoms with Gasteiger partial charge in [-0.05, 0) is 54.3 Å². The van der Waals surface area contributed by atoms with Crippen LogP contribution in [0.3, 0.4) is 0 Å². The van der Waals surface area contributed by atoms with Crippen LogP contribution in [0.15, 0.2) is 52.9 Å². The van der Waals surface area contributed by atoms with E-state index in [9.17, 15) is 22.8 Å². The molecule has 0 saturated heterocycles. The van der Waals surface area contributed by atoms with Crippen LogP contribution in [0.4, 0.5) is 18.9 Å². The van der Waals surface area contributed by atoms with Crippen LogP contribution in [0, 0.1) is 5.92 Å². The maximum absolute atomic E-state index is 12.7. The first-order chi connectivity index (χ1) is 16.6. The van der Waals surface area contributed by atoms with Gasteiger partial charge < -0.3 is 14.8 Å². The van der Waals surface area contributed by atoms with Crippen molar-refractivity contribution in [1.29, 1.82) is 0 Å². The molecule has 0 fully saturated rings. The van der Waals surface area contributed by atoms with Crippen molar-refractivity contribution < 1.29 is 32.3 Å². The summed E-state index contributed by atoms with van der Waals surface area (Å²) in [4.78, 5) is 22.9. The number of aliphatic carboxylic acids is 1. The summed E-state index contributed by atoms with van der Waals surface area (Å²) in [5, 5.41) is 18.7. The Balaban J connectivity index is 1.72. The molecule has 186 valence electrons. The minimum atomic E-state index is -4.70. The number of alkyl halides is 3. The van der Waals surface area contributed by atoms with E-state index in [1.165, 1.54) is 0 Å². The Labute approximate surface area is 200 Å². The molecule has 2 N–H and O–H groups in total. The number of halogens is 3. The Morgan fingerprint density at radius 3 is 2.23 bits per heavy atom. The van der Waals surface area contributed by atoms with Crippen LogP contribution < -0.4 is 5.32 Å². The van der Waals surface area contributed by atoms with Crippen LogP contribution in [0.25, 0.3) is 11.5 Å². The first-order valence-corrected chi connectivity index (χ1v) is 11.2. The van der Waals surface area contributed by atoms with Gasteiger partial charge in [0.1, 0.15) is 0 Å². The van der Waals surface area contributed by atoms with Gasteiger partial charge in [-0.1, -0.05) is 32.4 Å². The van der Waals surface area contributed by atoms with Crippen molar-refractivity contribution in [2.75, 3.05) is 5.32 Å². The molecule has 0 spiro atoms. The number of carboxylic acid groups (broad SMARTS) is 1. The number of aromatic nitrogens is 2. The van der Waals surface area contributed by atoms with Gasteiger partial charge >= 0.3 is 18.0 Å². The molecule has 10 heteroatoms. The monoisotopic (exact) mass is 489 g/mol. The lowest BCUT2D eigenvalue weighted by Gasteiger charge is -2.26. The molecule has 1 aromatic heterocycles. The van der Waals surface area contributed by atoms with E-state index in [1.54, 1.807) is 48.5 Å². The second kappa shape index (κ2) is 11.2. The van der Waals surface area contributed by atoms with E-state index in [0.29, 0.717) is 17.5 Å². The Morgan fingerprint density at radius 1 is 1.03 bits per heavy atom. The summed E-state index contributed by atoms with van der Waals surface area (Å²) in [6.07, 6.45) is -3.41. The number of hydrogen-bond acceptors (Lipinski definition) is 6. The van der Waals surface area contributed by atoms with Crippen LogP contribution >= 0.6 is 0 Å². The van der Waals surface area contributed by atoms with Gasteiger partial charge in [-0.3, -0.25) is 9.59 Å². The Morgan fingerprint density at radius 2 is 1.69 bits per heavy atom. The van der Waals surface area contributed by atoms with Gasteiger partial charge in [-0.15, -0.1) is 10.2 Å². The molecule has 3 rings (SSSR count). The zero-order chi connectivity index (χ0) is 25.6. The second-order valence-electron chi connectivity index (χ2n) is 8.29. The normalized spacial score (nSPS) is 13.3. The summed E-state index contributed by atoms with van der Waals surface area (Å²) in [6, 6.07) is 13.8. The minimum absolute atomic E-state index is 0.0449. The largest absolute Gasteiger partial charge is 0.481 e. The molecular weight excluding hydrogens is 463 g/mol. The van der Waals surface area contributed by atoms with Crippen molar-refractivity contribution in [3.8, 4) is 11.5 Å². The molecular formula is C25H26F3N3O4. The lowest BCUT2D eigenvalue weighted by atomic mass is 9.91. The quantitative estimate of drug-likeness (QED) is 0.301.